The third-order valence-electron chi connectivity index (χ3n) is 6.18. The molecule has 0 bridgehead atoms. The minimum Gasteiger partial charge on any atom is -0.497 e. The van der Waals surface area contributed by atoms with Crippen molar-refractivity contribution in [2.75, 3.05) is 13.7 Å². The summed E-state index contributed by atoms with van der Waals surface area (Å²) < 4.78 is 18.3. The van der Waals surface area contributed by atoms with E-state index in [0.29, 0.717) is 26.1 Å². The molecule has 0 aliphatic carbocycles. The van der Waals surface area contributed by atoms with Gasteiger partial charge in [0.05, 0.1) is 19.8 Å². The molecule has 5 heteroatoms. The van der Waals surface area contributed by atoms with E-state index in [2.05, 4.69) is 69.3 Å². The first-order valence-corrected chi connectivity index (χ1v) is 13.7. The van der Waals surface area contributed by atoms with Crippen molar-refractivity contribution in [2.45, 2.75) is 51.4 Å². The monoisotopic (exact) mass is 476 g/mol. The minimum absolute atomic E-state index is 0.0835. The molecule has 34 heavy (non-hydrogen) atoms. The van der Waals surface area contributed by atoms with Crippen molar-refractivity contribution in [2.24, 2.45) is 0 Å². The van der Waals surface area contributed by atoms with E-state index < -0.39 is 8.32 Å². The van der Waals surface area contributed by atoms with Crippen molar-refractivity contribution >= 4 is 25.0 Å². The average molecular weight is 477 g/mol. The number of hydrogen-bond donors (Lipinski definition) is 0. The van der Waals surface area contributed by atoms with Crippen LogP contribution in [-0.4, -0.2) is 34.4 Å². The van der Waals surface area contributed by atoms with Crippen molar-refractivity contribution in [3.8, 4) is 5.75 Å². The normalized spacial score (nSPS) is 12.8. The Balaban J connectivity index is 1.77. The third-order valence-corrected chi connectivity index (χ3v) is 11.2. The fourth-order valence-electron chi connectivity index (χ4n) is 4.42. The van der Waals surface area contributed by atoms with Crippen LogP contribution in [-0.2, 0) is 20.6 Å². The molecular weight excluding hydrogens is 440 g/mol. The van der Waals surface area contributed by atoms with Crippen molar-refractivity contribution in [1.29, 1.82) is 0 Å². The molecule has 0 saturated carbocycles. The van der Waals surface area contributed by atoms with Gasteiger partial charge in [-0.1, -0.05) is 93.6 Å². The van der Waals surface area contributed by atoms with Crippen LogP contribution in [0.2, 0.25) is 5.04 Å². The maximum Gasteiger partial charge on any atom is 0.261 e. The van der Waals surface area contributed by atoms with E-state index in [4.69, 9.17) is 13.9 Å². The van der Waals surface area contributed by atoms with E-state index >= 15 is 0 Å². The van der Waals surface area contributed by atoms with Gasteiger partial charge in [0.15, 0.2) is 0 Å². The lowest BCUT2D eigenvalue weighted by molar-refractivity contribution is -0.111. The fourth-order valence-corrected chi connectivity index (χ4v) is 9.00. The smallest absolute Gasteiger partial charge is 0.261 e. The van der Waals surface area contributed by atoms with Crippen LogP contribution < -0.4 is 15.1 Å². The maximum atomic E-state index is 11.3. The average Bonchev–Trinajstić information content (AvgIpc) is 2.85. The Hall–Kier alpha value is -2.73. The van der Waals surface area contributed by atoms with Gasteiger partial charge in [0.2, 0.25) is 0 Å². The number of rotatable bonds is 12. The van der Waals surface area contributed by atoms with Gasteiger partial charge in [-0.15, -0.1) is 0 Å². The molecule has 0 unspecified atom stereocenters. The Morgan fingerprint density at radius 2 is 1.41 bits per heavy atom. The Bertz CT molecular complexity index is 958. The Morgan fingerprint density at radius 1 is 0.853 bits per heavy atom. The number of ether oxygens (including phenoxy) is 2. The van der Waals surface area contributed by atoms with E-state index in [-0.39, 0.29) is 11.1 Å². The SMILES string of the molecule is COc1ccc(CO[C@@H](CC=O)CCO[Si](c2ccccc2)(c2ccccc2)C(C)(C)C)cc1. The molecule has 0 amide bonds. The second-order valence-corrected chi connectivity index (χ2v) is 13.8. The summed E-state index contributed by atoms with van der Waals surface area (Å²) >= 11 is 0. The van der Waals surface area contributed by atoms with Crippen LogP contribution in [0.4, 0.5) is 0 Å². The Kier molecular flexibility index (Phi) is 9.22. The number of carbonyl (C=O) groups excluding carboxylic acids is 1. The molecule has 0 aliphatic rings. The molecule has 0 aromatic heterocycles. The van der Waals surface area contributed by atoms with Gasteiger partial charge in [0, 0.05) is 13.0 Å². The summed E-state index contributed by atoms with van der Waals surface area (Å²) in [6.07, 6.45) is 1.74. The Morgan fingerprint density at radius 3 is 1.88 bits per heavy atom. The van der Waals surface area contributed by atoms with Crippen LogP contribution in [0.25, 0.3) is 0 Å². The van der Waals surface area contributed by atoms with Crippen LogP contribution in [0.15, 0.2) is 84.9 Å². The van der Waals surface area contributed by atoms with Crippen LogP contribution in [0.1, 0.15) is 39.2 Å². The van der Waals surface area contributed by atoms with E-state index in [1.165, 1.54) is 10.4 Å². The molecule has 1 atom stereocenters. The lowest BCUT2D eigenvalue weighted by atomic mass is 10.2. The van der Waals surface area contributed by atoms with Gasteiger partial charge in [0.1, 0.15) is 12.0 Å². The summed E-state index contributed by atoms with van der Waals surface area (Å²) in [4.78, 5) is 11.3. The molecule has 4 nitrogen and oxygen atoms in total. The molecule has 0 fully saturated rings. The van der Waals surface area contributed by atoms with Crippen molar-refractivity contribution in [3.63, 3.8) is 0 Å². The lowest BCUT2D eigenvalue weighted by Gasteiger charge is -2.43. The molecule has 3 rings (SSSR count). The topological polar surface area (TPSA) is 44.8 Å². The molecule has 3 aromatic rings. The van der Waals surface area contributed by atoms with Crippen molar-refractivity contribution < 1.29 is 18.7 Å². The quantitative estimate of drug-likeness (QED) is 0.268. The van der Waals surface area contributed by atoms with Gasteiger partial charge in [-0.05, 0) is 39.5 Å². The number of carbonyl (C=O) groups is 1. The largest absolute Gasteiger partial charge is 0.497 e. The van der Waals surface area contributed by atoms with Crippen LogP contribution in [0.3, 0.4) is 0 Å². The highest BCUT2D eigenvalue weighted by Crippen LogP contribution is 2.36. The first-order valence-electron chi connectivity index (χ1n) is 11.8. The van der Waals surface area contributed by atoms with Gasteiger partial charge >= 0.3 is 0 Å². The summed E-state index contributed by atoms with van der Waals surface area (Å²) in [5.41, 5.74) is 1.05. The minimum atomic E-state index is -2.59. The predicted octanol–water partition coefficient (Wildman–Crippen LogP) is 5.14. The number of benzene rings is 3. The van der Waals surface area contributed by atoms with Gasteiger partial charge in [-0.25, -0.2) is 0 Å². The Labute approximate surface area is 205 Å². The highest BCUT2D eigenvalue weighted by atomic mass is 28.4. The molecule has 0 N–H and O–H groups in total. The van der Waals surface area contributed by atoms with Gasteiger partial charge in [-0.2, -0.15) is 0 Å². The summed E-state index contributed by atoms with van der Waals surface area (Å²) in [6, 6.07) is 29.0. The number of aldehydes is 1. The summed E-state index contributed by atoms with van der Waals surface area (Å²) in [5, 5.41) is 2.42. The van der Waals surface area contributed by atoms with Crippen molar-refractivity contribution in [3.05, 3.63) is 90.5 Å². The standard InChI is InChI=1S/C29H36O4Si/c1-29(2,3)34(27-11-7-5-8-12-27,28-13-9-6-10-14-28)33-22-20-26(19-21-30)32-23-24-15-17-25(31-4)18-16-24/h5-18,21,26H,19-20,22-23H2,1-4H3/t26-/m0/s1. The van der Waals surface area contributed by atoms with Crippen LogP contribution in [0, 0.1) is 0 Å². The zero-order valence-corrected chi connectivity index (χ0v) is 21.7. The maximum absolute atomic E-state index is 11.3. The highest BCUT2D eigenvalue weighted by molar-refractivity contribution is 6.99. The lowest BCUT2D eigenvalue weighted by Crippen LogP contribution is -2.66. The van der Waals surface area contributed by atoms with Gasteiger partial charge in [0.25, 0.3) is 8.32 Å². The molecule has 3 aromatic carbocycles. The molecule has 0 saturated heterocycles. The summed E-state index contributed by atoms with van der Waals surface area (Å²) in [5.74, 6) is 0.812. The summed E-state index contributed by atoms with van der Waals surface area (Å²) in [7, 11) is -0.944. The second-order valence-electron chi connectivity index (χ2n) is 9.48. The van der Waals surface area contributed by atoms with E-state index in [0.717, 1.165) is 17.6 Å². The van der Waals surface area contributed by atoms with E-state index in [9.17, 15) is 4.79 Å². The fraction of sp³-hybridized carbons (Fsp3) is 0.345. The highest BCUT2D eigenvalue weighted by Gasteiger charge is 2.50. The van der Waals surface area contributed by atoms with Gasteiger partial charge < -0.3 is 18.7 Å². The van der Waals surface area contributed by atoms with Crippen LogP contribution in [0.5, 0.6) is 5.75 Å². The third kappa shape index (κ3) is 6.23. The van der Waals surface area contributed by atoms with Crippen LogP contribution >= 0.6 is 0 Å². The van der Waals surface area contributed by atoms with Gasteiger partial charge in [-0.3, -0.25) is 0 Å². The molecule has 180 valence electrons. The van der Waals surface area contributed by atoms with E-state index in [1.807, 2.05) is 36.4 Å². The van der Waals surface area contributed by atoms with Crippen molar-refractivity contribution in [1.82, 2.24) is 0 Å². The second kappa shape index (κ2) is 12.1. The molecular formula is C29H36O4Si. The molecule has 0 spiro atoms. The molecule has 0 heterocycles. The number of methoxy groups -OCH3 is 1. The zero-order valence-electron chi connectivity index (χ0n) is 20.7. The molecule has 0 aliphatic heterocycles. The zero-order chi connectivity index (χ0) is 24.4. The molecule has 0 radical (unpaired) electrons. The van der Waals surface area contributed by atoms with E-state index in [1.54, 1.807) is 7.11 Å². The predicted molar refractivity (Wildman–Crippen MR) is 140 cm³/mol. The summed E-state index contributed by atoms with van der Waals surface area (Å²) in [6.45, 7) is 7.77. The number of hydrogen-bond acceptors (Lipinski definition) is 4. The first kappa shape index (κ1) is 25.9. The first-order chi connectivity index (χ1) is 16.4.